The van der Waals surface area contributed by atoms with Crippen LogP contribution in [-0.2, 0) is 0 Å². The third-order valence-electron chi connectivity index (χ3n) is 10.1. The van der Waals surface area contributed by atoms with Gasteiger partial charge in [-0.05, 0) is 103 Å². The molecule has 0 fully saturated rings. The molecule has 0 spiro atoms. The molecule has 0 atom stereocenters. The molecule has 0 unspecified atom stereocenters. The van der Waals surface area contributed by atoms with Gasteiger partial charge >= 0.3 is 0 Å². The van der Waals surface area contributed by atoms with Crippen LogP contribution < -0.4 is 4.90 Å². The summed E-state index contributed by atoms with van der Waals surface area (Å²) in [7, 11) is 0. The van der Waals surface area contributed by atoms with Gasteiger partial charge in [-0.1, -0.05) is 140 Å². The van der Waals surface area contributed by atoms with Crippen molar-refractivity contribution in [2.24, 2.45) is 0 Å². The van der Waals surface area contributed by atoms with Crippen molar-refractivity contribution in [3.05, 3.63) is 188 Å². The Bertz CT molecular complexity index is 2810. The highest BCUT2D eigenvalue weighted by molar-refractivity contribution is 7.25. The summed E-state index contributed by atoms with van der Waals surface area (Å²) >= 11 is 1.87. The van der Waals surface area contributed by atoms with Gasteiger partial charge in [0, 0.05) is 37.2 Å². The van der Waals surface area contributed by atoms with Crippen LogP contribution in [0.5, 0.6) is 0 Å². The summed E-state index contributed by atoms with van der Waals surface area (Å²) in [4.78, 5) is 2.39. The van der Waals surface area contributed by atoms with E-state index in [9.17, 15) is 0 Å². The average Bonchev–Trinajstić information content (AvgIpc) is 3.58. The SMILES string of the molecule is c1ccc(-c2ccc(N(c3ccc(-c4cccc5sc6ccccc6c45)cc3)c3ccc4c5ccccc5c5ccccc5c4c3)cc2)cc1. The Labute approximate surface area is 294 Å². The van der Waals surface area contributed by atoms with Crippen molar-refractivity contribution in [3.63, 3.8) is 0 Å². The maximum absolute atomic E-state index is 2.39. The number of benzene rings is 9. The lowest BCUT2D eigenvalue weighted by Gasteiger charge is -2.27. The minimum absolute atomic E-state index is 1.12. The van der Waals surface area contributed by atoms with E-state index in [1.807, 2.05) is 11.3 Å². The molecule has 0 aliphatic rings. The summed E-state index contributed by atoms with van der Waals surface area (Å²) < 4.78 is 2.65. The Hall–Kier alpha value is -6.22. The van der Waals surface area contributed by atoms with Gasteiger partial charge in [-0.3, -0.25) is 0 Å². The van der Waals surface area contributed by atoms with Crippen molar-refractivity contribution in [3.8, 4) is 22.3 Å². The summed E-state index contributed by atoms with van der Waals surface area (Å²) in [6, 6.07) is 68.7. The van der Waals surface area contributed by atoms with Crippen LogP contribution in [0.2, 0.25) is 0 Å². The number of hydrogen-bond donors (Lipinski definition) is 0. The lowest BCUT2D eigenvalue weighted by atomic mass is 9.94. The molecular formula is C48H31NS. The lowest BCUT2D eigenvalue weighted by Crippen LogP contribution is -2.10. The number of nitrogens with zero attached hydrogens (tertiary/aromatic N) is 1. The first-order chi connectivity index (χ1) is 24.8. The first-order valence-corrected chi connectivity index (χ1v) is 17.9. The second-order valence-electron chi connectivity index (χ2n) is 12.9. The first kappa shape index (κ1) is 28.8. The van der Waals surface area contributed by atoms with Gasteiger partial charge in [-0.15, -0.1) is 11.3 Å². The van der Waals surface area contributed by atoms with E-state index in [4.69, 9.17) is 0 Å². The monoisotopic (exact) mass is 653 g/mol. The molecule has 1 heterocycles. The number of thiophene rings is 1. The van der Waals surface area contributed by atoms with Crippen LogP contribution in [0.3, 0.4) is 0 Å². The highest BCUT2D eigenvalue weighted by Crippen LogP contribution is 2.43. The molecule has 0 radical (unpaired) electrons. The first-order valence-electron chi connectivity index (χ1n) is 17.1. The molecule has 50 heavy (non-hydrogen) atoms. The molecule has 234 valence electrons. The van der Waals surface area contributed by atoms with Crippen molar-refractivity contribution >= 4 is 80.9 Å². The van der Waals surface area contributed by atoms with E-state index in [-0.39, 0.29) is 0 Å². The van der Waals surface area contributed by atoms with E-state index in [0.717, 1.165) is 17.1 Å². The van der Waals surface area contributed by atoms with Crippen LogP contribution >= 0.6 is 11.3 Å². The molecular weight excluding hydrogens is 623 g/mol. The predicted octanol–water partition coefficient (Wildman–Crippen LogP) is 14.3. The fourth-order valence-electron chi connectivity index (χ4n) is 7.72. The topological polar surface area (TPSA) is 3.24 Å². The Kier molecular flexibility index (Phi) is 6.75. The summed E-state index contributed by atoms with van der Waals surface area (Å²) in [6.07, 6.45) is 0. The average molecular weight is 654 g/mol. The summed E-state index contributed by atoms with van der Waals surface area (Å²) in [5.74, 6) is 0. The van der Waals surface area contributed by atoms with Gasteiger partial charge in [0.15, 0.2) is 0 Å². The van der Waals surface area contributed by atoms with Crippen molar-refractivity contribution in [2.45, 2.75) is 0 Å². The molecule has 1 nitrogen and oxygen atoms in total. The molecule has 0 saturated heterocycles. The van der Waals surface area contributed by atoms with E-state index >= 15 is 0 Å². The fraction of sp³-hybridized carbons (Fsp3) is 0. The molecule has 0 aliphatic carbocycles. The zero-order chi connectivity index (χ0) is 33.0. The van der Waals surface area contributed by atoms with Crippen molar-refractivity contribution in [2.75, 3.05) is 4.90 Å². The third-order valence-corrected chi connectivity index (χ3v) is 11.2. The molecule has 0 aliphatic heterocycles. The van der Waals surface area contributed by atoms with Crippen molar-refractivity contribution in [1.82, 2.24) is 0 Å². The van der Waals surface area contributed by atoms with Crippen LogP contribution in [-0.4, -0.2) is 0 Å². The highest BCUT2D eigenvalue weighted by Gasteiger charge is 2.17. The van der Waals surface area contributed by atoms with E-state index in [0.29, 0.717) is 0 Å². The zero-order valence-corrected chi connectivity index (χ0v) is 28.1. The number of fused-ring (bicyclic) bond motifs is 9. The number of hydrogen-bond acceptors (Lipinski definition) is 2. The van der Waals surface area contributed by atoms with Crippen LogP contribution in [0, 0.1) is 0 Å². The molecule has 10 rings (SSSR count). The largest absolute Gasteiger partial charge is 0.310 e. The minimum Gasteiger partial charge on any atom is -0.310 e. The molecule has 9 aromatic carbocycles. The molecule has 0 N–H and O–H groups in total. The minimum atomic E-state index is 1.12. The lowest BCUT2D eigenvalue weighted by molar-refractivity contribution is 1.29. The van der Waals surface area contributed by atoms with E-state index in [1.165, 1.54) is 74.7 Å². The Morgan fingerprint density at radius 1 is 0.300 bits per heavy atom. The Morgan fingerprint density at radius 2 is 0.780 bits per heavy atom. The number of rotatable bonds is 5. The second-order valence-corrected chi connectivity index (χ2v) is 14.0. The summed E-state index contributed by atoms with van der Waals surface area (Å²) in [5, 5.41) is 10.3. The standard InChI is InChI=1S/C48H31NS/c1-2-11-32(12-3-1)33-21-25-35(26-22-33)49(37-29-30-43-41-15-5-4-13-39(41)40-14-6-7-16-42(40)45(43)31-37)36-27-23-34(24-28-36)38-18-10-20-47-48(38)44-17-8-9-19-46(44)50-47/h1-31H. The van der Waals surface area contributed by atoms with Crippen LogP contribution in [0.4, 0.5) is 17.1 Å². The zero-order valence-electron chi connectivity index (χ0n) is 27.3. The van der Waals surface area contributed by atoms with Gasteiger partial charge in [-0.2, -0.15) is 0 Å². The second kappa shape index (κ2) is 11.7. The quantitative estimate of drug-likeness (QED) is 0.167. The van der Waals surface area contributed by atoms with Crippen LogP contribution in [0.1, 0.15) is 0 Å². The molecule has 0 amide bonds. The highest BCUT2D eigenvalue weighted by atomic mass is 32.1. The van der Waals surface area contributed by atoms with E-state index in [2.05, 4.69) is 193 Å². The van der Waals surface area contributed by atoms with Crippen LogP contribution in [0.15, 0.2) is 188 Å². The molecule has 1 aromatic heterocycles. The van der Waals surface area contributed by atoms with Gasteiger partial charge in [0.1, 0.15) is 0 Å². The molecule has 0 bridgehead atoms. The van der Waals surface area contributed by atoms with Gasteiger partial charge < -0.3 is 4.90 Å². The Balaban J connectivity index is 1.15. The maximum Gasteiger partial charge on any atom is 0.0468 e. The van der Waals surface area contributed by atoms with Gasteiger partial charge in [-0.25, -0.2) is 0 Å². The molecule has 10 aromatic rings. The van der Waals surface area contributed by atoms with Crippen molar-refractivity contribution < 1.29 is 0 Å². The van der Waals surface area contributed by atoms with Crippen LogP contribution in [0.25, 0.3) is 74.7 Å². The third kappa shape index (κ3) is 4.69. The normalized spacial score (nSPS) is 11.6. The van der Waals surface area contributed by atoms with Crippen molar-refractivity contribution in [1.29, 1.82) is 0 Å². The Morgan fingerprint density at radius 3 is 1.44 bits per heavy atom. The summed E-state index contributed by atoms with van der Waals surface area (Å²) in [5.41, 5.74) is 8.28. The maximum atomic E-state index is 2.39. The summed E-state index contributed by atoms with van der Waals surface area (Å²) in [6.45, 7) is 0. The van der Waals surface area contributed by atoms with Gasteiger partial charge in [0.2, 0.25) is 0 Å². The van der Waals surface area contributed by atoms with E-state index < -0.39 is 0 Å². The predicted molar refractivity (Wildman–Crippen MR) is 217 cm³/mol. The fourth-order valence-corrected chi connectivity index (χ4v) is 8.85. The molecule has 2 heteroatoms. The van der Waals surface area contributed by atoms with Gasteiger partial charge in [0.05, 0.1) is 0 Å². The van der Waals surface area contributed by atoms with E-state index in [1.54, 1.807) is 0 Å². The molecule has 0 saturated carbocycles. The smallest absolute Gasteiger partial charge is 0.0468 e. The van der Waals surface area contributed by atoms with Gasteiger partial charge in [0.25, 0.3) is 0 Å². The number of anilines is 3.